The Bertz CT molecular complexity index is 1040. The van der Waals surface area contributed by atoms with Crippen molar-refractivity contribution in [2.45, 2.75) is 13.0 Å². The minimum Gasteiger partial charge on any atom is -0.497 e. The van der Waals surface area contributed by atoms with Gasteiger partial charge in [-0.05, 0) is 49.5 Å². The molecule has 0 saturated heterocycles. The highest BCUT2D eigenvalue weighted by molar-refractivity contribution is 7.80. The topological polar surface area (TPSA) is 60.0 Å². The van der Waals surface area contributed by atoms with Crippen LogP contribution in [0.1, 0.15) is 18.5 Å². The van der Waals surface area contributed by atoms with E-state index >= 15 is 0 Å². The number of carbonyl (C=O) groups excluding carboxylic acids is 1. The molecule has 1 aliphatic heterocycles. The number of halogens is 2. The molecule has 3 rings (SSSR count). The summed E-state index contributed by atoms with van der Waals surface area (Å²) in [5, 5.41) is 3.42. The molecule has 2 aromatic rings. The van der Waals surface area contributed by atoms with Gasteiger partial charge >= 0.3 is 5.97 Å². The third-order valence-electron chi connectivity index (χ3n) is 4.80. The molecule has 0 radical (unpaired) electrons. The molecule has 1 unspecified atom stereocenters. The number of thiocarbonyl (C=S) groups is 1. The molecule has 1 atom stereocenters. The second-order valence-corrected chi connectivity index (χ2v) is 7.21. The largest absolute Gasteiger partial charge is 0.497 e. The highest BCUT2D eigenvalue weighted by atomic mass is 35.5. The van der Waals surface area contributed by atoms with Crippen LogP contribution in [0.2, 0.25) is 5.02 Å². The van der Waals surface area contributed by atoms with Gasteiger partial charge in [-0.15, -0.1) is 0 Å². The molecule has 1 N–H and O–H groups in total. The first-order chi connectivity index (χ1) is 14.3. The third-order valence-corrected chi connectivity index (χ3v) is 5.39. The quantitative estimate of drug-likeness (QED) is 0.535. The van der Waals surface area contributed by atoms with Crippen molar-refractivity contribution < 1.29 is 23.4 Å². The molecule has 158 valence electrons. The van der Waals surface area contributed by atoms with Gasteiger partial charge in [0.15, 0.2) is 5.11 Å². The van der Waals surface area contributed by atoms with Crippen LogP contribution in [0, 0.1) is 5.82 Å². The zero-order chi connectivity index (χ0) is 22.0. The molecule has 0 aromatic heterocycles. The van der Waals surface area contributed by atoms with Crippen LogP contribution in [0.15, 0.2) is 47.7 Å². The van der Waals surface area contributed by atoms with E-state index in [1.165, 1.54) is 32.4 Å². The molecular formula is C21H20ClFN2O4S. The molecule has 0 amide bonds. The van der Waals surface area contributed by atoms with Crippen molar-refractivity contribution in [3.05, 3.63) is 64.1 Å². The first-order valence-electron chi connectivity index (χ1n) is 8.89. The highest BCUT2D eigenvalue weighted by Crippen LogP contribution is 2.39. The maximum Gasteiger partial charge on any atom is 0.337 e. The standard InChI is InChI=1S/C21H20ClFN2O4S/c1-11-18(20(26)29-4)19(14-7-6-13(27-2)10-17(14)28-3)24-21(30)25(11)12-5-8-16(23)15(22)9-12/h5-10,19H,1-4H3,(H,24,30). The Morgan fingerprint density at radius 1 is 1.17 bits per heavy atom. The summed E-state index contributed by atoms with van der Waals surface area (Å²) in [5.41, 5.74) is 2.04. The van der Waals surface area contributed by atoms with Gasteiger partial charge in [-0.2, -0.15) is 0 Å². The van der Waals surface area contributed by atoms with Crippen LogP contribution in [0.4, 0.5) is 10.1 Å². The molecule has 0 bridgehead atoms. The summed E-state index contributed by atoms with van der Waals surface area (Å²) in [6.45, 7) is 1.74. The van der Waals surface area contributed by atoms with Crippen LogP contribution in [0.25, 0.3) is 0 Å². The van der Waals surface area contributed by atoms with Crippen molar-refractivity contribution in [2.24, 2.45) is 0 Å². The summed E-state index contributed by atoms with van der Waals surface area (Å²) in [7, 11) is 4.38. The maximum absolute atomic E-state index is 13.6. The number of hydrogen-bond donors (Lipinski definition) is 1. The van der Waals surface area contributed by atoms with E-state index in [0.29, 0.717) is 39.1 Å². The van der Waals surface area contributed by atoms with Crippen LogP contribution in [-0.2, 0) is 9.53 Å². The maximum atomic E-state index is 13.6. The number of esters is 1. The van der Waals surface area contributed by atoms with Gasteiger partial charge < -0.3 is 19.5 Å². The summed E-state index contributed by atoms with van der Waals surface area (Å²) < 4.78 is 29.4. The van der Waals surface area contributed by atoms with Crippen LogP contribution < -0.4 is 19.7 Å². The van der Waals surface area contributed by atoms with Crippen LogP contribution >= 0.6 is 23.8 Å². The summed E-state index contributed by atoms with van der Waals surface area (Å²) in [5.74, 6) is 0.0366. The Hall–Kier alpha value is -2.84. The van der Waals surface area contributed by atoms with Crippen LogP contribution in [-0.4, -0.2) is 32.4 Å². The van der Waals surface area contributed by atoms with E-state index in [1.807, 2.05) is 0 Å². The lowest BCUT2D eigenvalue weighted by Gasteiger charge is -2.37. The van der Waals surface area contributed by atoms with Crippen molar-refractivity contribution in [3.8, 4) is 11.5 Å². The lowest BCUT2D eigenvalue weighted by atomic mass is 9.94. The monoisotopic (exact) mass is 450 g/mol. The SMILES string of the molecule is COC(=O)C1=C(C)N(c2ccc(F)c(Cl)c2)C(=S)NC1c1ccc(OC)cc1OC. The molecule has 30 heavy (non-hydrogen) atoms. The number of ether oxygens (including phenoxy) is 3. The zero-order valence-electron chi connectivity index (χ0n) is 16.8. The van der Waals surface area contributed by atoms with E-state index in [2.05, 4.69) is 5.32 Å². The van der Waals surface area contributed by atoms with E-state index in [-0.39, 0.29) is 5.02 Å². The summed E-state index contributed by atoms with van der Waals surface area (Å²) in [6, 6.07) is 8.86. The first kappa shape index (κ1) is 21.9. The molecule has 0 saturated carbocycles. The summed E-state index contributed by atoms with van der Waals surface area (Å²) >= 11 is 11.5. The van der Waals surface area contributed by atoms with Gasteiger partial charge in [0.25, 0.3) is 0 Å². The molecular weight excluding hydrogens is 431 g/mol. The Morgan fingerprint density at radius 2 is 1.90 bits per heavy atom. The average Bonchev–Trinajstić information content (AvgIpc) is 2.74. The molecule has 2 aromatic carbocycles. The average molecular weight is 451 g/mol. The highest BCUT2D eigenvalue weighted by Gasteiger charge is 2.36. The fourth-order valence-corrected chi connectivity index (χ4v) is 3.88. The van der Waals surface area contributed by atoms with E-state index in [1.54, 1.807) is 37.1 Å². The summed E-state index contributed by atoms with van der Waals surface area (Å²) in [6.07, 6.45) is 0. The minimum absolute atomic E-state index is 0.0540. The fraction of sp³-hybridized carbons (Fsp3) is 0.238. The zero-order valence-corrected chi connectivity index (χ0v) is 18.4. The number of methoxy groups -OCH3 is 3. The predicted octanol–water partition coefficient (Wildman–Crippen LogP) is 4.38. The normalized spacial score (nSPS) is 16.3. The number of nitrogens with one attached hydrogen (secondary N) is 1. The number of rotatable bonds is 5. The molecule has 0 fully saturated rings. The number of anilines is 1. The van der Waals surface area contributed by atoms with Crippen LogP contribution in [0.5, 0.6) is 11.5 Å². The second kappa shape index (κ2) is 8.89. The Labute approximate surface area is 184 Å². The number of hydrogen-bond acceptors (Lipinski definition) is 5. The van der Waals surface area contributed by atoms with Crippen molar-refractivity contribution in [1.29, 1.82) is 0 Å². The Kier molecular flexibility index (Phi) is 6.48. The lowest BCUT2D eigenvalue weighted by Crippen LogP contribution is -2.48. The Balaban J connectivity index is 2.17. The minimum atomic E-state index is -0.627. The smallest absolute Gasteiger partial charge is 0.337 e. The van der Waals surface area contributed by atoms with Gasteiger partial charge in [-0.1, -0.05) is 11.6 Å². The van der Waals surface area contributed by atoms with Crippen LogP contribution in [0.3, 0.4) is 0 Å². The Morgan fingerprint density at radius 3 is 2.50 bits per heavy atom. The van der Waals surface area contributed by atoms with Crippen molar-refractivity contribution in [1.82, 2.24) is 5.32 Å². The van der Waals surface area contributed by atoms with Gasteiger partial charge in [0.2, 0.25) is 0 Å². The first-order valence-corrected chi connectivity index (χ1v) is 9.67. The van der Waals surface area contributed by atoms with Crippen molar-refractivity contribution >= 4 is 40.6 Å². The van der Waals surface area contributed by atoms with Gasteiger partial charge in [-0.25, -0.2) is 9.18 Å². The summed E-state index contributed by atoms with van der Waals surface area (Å²) in [4.78, 5) is 14.4. The number of allylic oxidation sites excluding steroid dienone is 1. The molecule has 0 spiro atoms. The third kappa shape index (κ3) is 3.93. The molecule has 1 aliphatic rings. The molecule has 6 nitrogen and oxygen atoms in total. The number of carbonyl (C=O) groups is 1. The number of nitrogens with zero attached hydrogens (tertiary/aromatic N) is 1. The fourth-order valence-electron chi connectivity index (χ4n) is 3.34. The van der Waals surface area contributed by atoms with Crippen molar-refractivity contribution in [3.63, 3.8) is 0 Å². The second-order valence-electron chi connectivity index (χ2n) is 6.41. The van der Waals surface area contributed by atoms with Gasteiger partial charge in [-0.3, -0.25) is 4.90 Å². The van der Waals surface area contributed by atoms with Gasteiger partial charge in [0.05, 0.1) is 38.0 Å². The van der Waals surface area contributed by atoms with Crippen molar-refractivity contribution in [2.75, 3.05) is 26.2 Å². The predicted molar refractivity (Wildman–Crippen MR) is 117 cm³/mol. The molecule has 0 aliphatic carbocycles. The van der Waals surface area contributed by atoms with E-state index in [0.717, 1.165) is 0 Å². The van der Waals surface area contributed by atoms with Gasteiger partial charge in [0, 0.05) is 23.0 Å². The van der Waals surface area contributed by atoms with E-state index < -0.39 is 17.8 Å². The molecule has 9 heteroatoms. The van der Waals surface area contributed by atoms with Gasteiger partial charge in [0.1, 0.15) is 17.3 Å². The number of benzene rings is 2. The molecule has 1 heterocycles. The van der Waals surface area contributed by atoms with E-state index in [9.17, 15) is 9.18 Å². The van der Waals surface area contributed by atoms with E-state index in [4.69, 9.17) is 38.0 Å². The lowest BCUT2D eigenvalue weighted by molar-refractivity contribution is -0.136.